The van der Waals surface area contributed by atoms with Crippen LogP contribution >= 0.6 is 0 Å². The summed E-state index contributed by atoms with van der Waals surface area (Å²) in [6.07, 6.45) is 0.147. The highest BCUT2D eigenvalue weighted by atomic mass is 16.5. The molecule has 1 N–H and O–H groups in total. The van der Waals surface area contributed by atoms with Gasteiger partial charge in [-0.3, -0.25) is 4.79 Å². The standard InChI is InChI=1S/C14H20O4/c1-17-9-10-18-11-13(15)7-8-14(16)12-5-3-2-4-6-12/h2-6,13,15H,7-11H2,1H3. The van der Waals surface area contributed by atoms with Crippen molar-refractivity contribution in [2.75, 3.05) is 26.9 Å². The lowest BCUT2D eigenvalue weighted by molar-refractivity contribution is 0.00997. The van der Waals surface area contributed by atoms with E-state index in [1.54, 1.807) is 19.2 Å². The average molecular weight is 252 g/mol. The summed E-state index contributed by atoms with van der Waals surface area (Å²) in [6.45, 7) is 1.21. The smallest absolute Gasteiger partial charge is 0.162 e. The molecule has 1 unspecified atom stereocenters. The van der Waals surface area contributed by atoms with Gasteiger partial charge in [-0.1, -0.05) is 30.3 Å². The zero-order chi connectivity index (χ0) is 13.2. The van der Waals surface area contributed by atoms with Gasteiger partial charge in [0.1, 0.15) is 0 Å². The van der Waals surface area contributed by atoms with Crippen LogP contribution in [0.1, 0.15) is 23.2 Å². The maximum absolute atomic E-state index is 11.8. The van der Waals surface area contributed by atoms with Crippen molar-refractivity contribution >= 4 is 5.78 Å². The maximum Gasteiger partial charge on any atom is 0.162 e. The number of rotatable bonds is 9. The molecular weight excluding hydrogens is 232 g/mol. The van der Waals surface area contributed by atoms with Crippen LogP contribution in [-0.2, 0) is 9.47 Å². The van der Waals surface area contributed by atoms with Crippen molar-refractivity contribution in [1.29, 1.82) is 0 Å². The molecule has 4 heteroatoms. The number of Topliss-reactive ketones (excluding diaryl/α,β-unsaturated/α-hetero) is 1. The van der Waals surface area contributed by atoms with Crippen molar-refractivity contribution in [2.24, 2.45) is 0 Å². The van der Waals surface area contributed by atoms with Crippen molar-refractivity contribution in [3.05, 3.63) is 35.9 Å². The lowest BCUT2D eigenvalue weighted by Gasteiger charge is -2.10. The summed E-state index contributed by atoms with van der Waals surface area (Å²) in [5, 5.41) is 9.63. The highest BCUT2D eigenvalue weighted by Gasteiger charge is 2.09. The Bertz CT molecular complexity index is 337. The first-order valence-electron chi connectivity index (χ1n) is 6.07. The minimum Gasteiger partial charge on any atom is -0.391 e. The molecule has 0 amide bonds. The second-order valence-electron chi connectivity index (χ2n) is 4.05. The second-order valence-corrected chi connectivity index (χ2v) is 4.05. The van der Waals surface area contributed by atoms with E-state index in [1.807, 2.05) is 18.2 Å². The van der Waals surface area contributed by atoms with Crippen molar-refractivity contribution in [1.82, 2.24) is 0 Å². The van der Waals surface area contributed by atoms with Gasteiger partial charge in [-0.05, 0) is 6.42 Å². The van der Waals surface area contributed by atoms with Gasteiger partial charge >= 0.3 is 0 Å². The van der Waals surface area contributed by atoms with Crippen LogP contribution < -0.4 is 0 Å². The Morgan fingerprint density at radius 3 is 2.67 bits per heavy atom. The van der Waals surface area contributed by atoms with E-state index in [1.165, 1.54) is 0 Å². The average Bonchev–Trinajstić information content (AvgIpc) is 2.42. The quantitative estimate of drug-likeness (QED) is 0.536. The van der Waals surface area contributed by atoms with E-state index in [0.717, 1.165) is 0 Å². The predicted molar refractivity (Wildman–Crippen MR) is 68.7 cm³/mol. The number of hydrogen-bond donors (Lipinski definition) is 1. The number of ether oxygens (including phenoxy) is 2. The van der Waals surface area contributed by atoms with Crippen LogP contribution in [0.25, 0.3) is 0 Å². The van der Waals surface area contributed by atoms with E-state index in [9.17, 15) is 9.90 Å². The maximum atomic E-state index is 11.8. The summed E-state index contributed by atoms with van der Waals surface area (Å²) in [6, 6.07) is 9.10. The van der Waals surface area contributed by atoms with Crippen LogP contribution in [0, 0.1) is 0 Å². The topological polar surface area (TPSA) is 55.8 Å². The number of benzene rings is 1. The number of aliphatic hydroxyl groups is 1. The molecule has 0 spiro atoms. The lowest BCUT2D eigenvalue weighted by atomic mass is 10.0. The van der Waals surface area contributed by atoms with Crippen LogP contribution in [0.2, 0.25) is 0 Å². The fourth-order valence-corrected chi connectivity index (χ4v) is 1.51. The first-order chi connectivity index (χ1) is 8.74. The summed E-state index contributed by atoms with van der Waals surface area (Å²) < 4.78 is 10.0. The molecule has 0 aliphatic heterocycles. The number of hydrogen-bond acceptors (Lipinski definition) is 4. The summed E-state index contributed by atoms with van der Waals surface area (Å²) in [5.41, 5.74) is 0.685. The molecule has 0 aliphatic carbocycles. The molecule has 0 bridgehead atoms. The van der Waals surface area contributed by atoms with Gasteiger partial charge in [-0.25, -0.2) is 0 Å². The monoisotopic (exact) mass is 252 g/mol. The van der Waals surface area contributed by atoms with Crippen LogP contribution in [0.4, 0.5) is 0 Å². The number of aliphatic hydroxyl groups excluding tert-OH is 1. The molecule has 0 saturated carbocycles. The number of methoxy groups -OCH3 is 1. The Balaban J connectivity index is 2.18. The van der Waals surface area contributed by atoms with E-state index in [-0.39, 0.29) is 12.4 Å². The zero-order valence-corrected chi connectivity index (χ0v) is 10.7. The highest BCUT2D eigenvalue weighted by Crippen LogP contribution is 2.07. The van der Waals surface area contributed by atoms with E-state index < -0.39 is 6.10 Å². The summed E-state index contributed by atoms with van der Waals surface area (Å²) in [7, 11) is 1.60. The first-order valence-corrected chi connectivity index (χ1v) is 6.07. The van der Waals surface area contributed by atoms with E-state index in [0.29, 0.717) is 31.6 Å². The van der Waals surface area contributed by atoms with Gasteiger partial charge in [0.15, 0.2) is 5.78 Å². The predicted octanol–water partition coefficient (Wildman–Crippen LogP) is 1.67. The third-order valence-corrected chi connectivity index (χ3v) is 2.54. The summed E-state index contributed by atoms with van der Waals surface area (Å²) in [5.74, 6) is 0.0477. The molecule has 0 aliphatic rings. The van der Waals surface area contributed by atoms with Gasteiger partial charge in [0, 0.05) is 19.1 Å². The minimum atomic E-state index is -0.602. The van der Waals surface area contributed by atoms with Crippen LogP contribution in [0.3, 0.4) is 0 Å². The third-order valence-electron chi connectivity index (χ3n) is 2.54. The molecule has 1 aromatic rings. The zero-order valence-electron chi connectivity index (χ0n) is 10.7. The first kappa shape index (κ1) is 14.8. The van der Waals surface area contributed by atoms with Crippen molar-refractivity contribution in [3.63, 3.8) is 0 Å². The Morgan fingerprint density at radius 2 is 2.00 bits per heavy atom. The van der Waals surface area contributed by atoms with Gasteiger partial charge in [-0.2, -0.15) is 0 Å². The van der Waals surface area contributed by atoms with Crippen LogP contribution in [-0.4, -0.2) is 43.9 Å². The van der Waals surface area contributed by atoms with Gasteiger partial charge in [0.2, 0.25) is 0 Å². The Kier molecular flexibility index (Phi) is 7.25. The van der Waals surface area contributed by atoms with Crippen molar-refractivity contribution in [3.8, 4) is 0 Å². The SMILES string of the molecule is COCCOCC(O)CCC(=O)c1ccccc1. The van der Waals surface area contributed by atoms with Crippen LogP contribution in [0.15, 0.2) is 30.3 Å². The van der Waals surface area contributed by atoms with Gasteiger partial charge in [0.05, 0.1) is 25.9 Å². The minimum absolute atomic E-state index is 0.0477. The molecule has 1 atom stereocenters. The van der Waals surface area contributed by atoms with Gasteiger partial charge in [0.25, 0.3) is 0 Å². The molecule has 0 heterocycles. The summed E-state index contributed by atoms with van der Waals surface area (Å²) >= 11 is 0. The van der Waals surface area contributed by atoms with Gasteiger partial charge in [-0.15, -0.1) is 0 Å². The molecule has 0 saturated heterocycles. The lowest BCUT2D eigenvalue weighted by Crippen LogP contribution is -2.18. The Morgan fingerprint density at radius 1 is 1.28 bits per heavy atom. The van der Waals surface area contributed by atoms with Crippen LogP contribution in [0.5, 0.6) is 0 Å². The normalized spacial score (nSPS) is 12.3. The Labute approximate surface area is 108 Å². The number of carbonyl (C=O) groups excluding carboxylic acids is 1. The molecule has 1 rings (SSSR count). The molecule has 100 valence electrons. The largest absolute Gasteiger partial charge is 0.391 e. The van der Waals surface area contributed by atoms with Gasteiger partial charge < -0.3 is 14.6 Å². The molecule has 1 aromatic carbocycles. The molecule has 18 heavy (non-hydrogen) atoms. The molecule has 4 nitrogen and oxygen atoms in total. The van der Waals surface area contributed by atoms with Crippen molar-refractivity contribution in [2.45, 2.75) is 18.9 Å². The highest BCUT2D eigenvalue weighted by molar-refractivity contribution is 5.95. The van der Waals surface area contributed by atoms with E-state index >= 15 is 0 Å². The second kappa shape index (κ2) is 8.80. The molecule has 0 fully saturated rings. The Hall–Kier alpha value is -1.23. The fourth-order valence-electron chi connectivity index (χ4n) is 1.51. The number of ketones is 1. The summed E-state index contributed by atoms with van der Waals surface area (Å²) in [4.78, 5) is 11.8. The van der Waals surface area contributed by atoms with Crippen molar-refractivity contribution < 1.29 is 19.4 Å². The molecule has 0 aromatic heterocycles. The fraction of sp³-hybridized carbons (Fsp3) is 0.500. The molecule has 0 radical (unpaired) electrons. The third kappa shape index (κ3) is 5.91. The number of carbonyl (C=O) groups is 1. The molecular formula is C14H20O4. The van der Waals surface area contributed by atoms with E-state index in [4.69, 9.17) is 9.47 Å². The van der Waals surface area contributed by atoms with E-state index in [2.05, 4.69) is 0 Å².